The first kappa shape index (κ1) is 13.9. The third kappa shape index (κ3) is 2.60. The lowest BCUT2D eigenvalue weighted by Crippen LogP contribution is -2.41. The zero-order valence-corrected chi connectivity index (χ0v) is 12.2. The molecular weight excluding hydrogens is 268 g/mol. The molecule has 0 spiro atoms. The molecular formula is C16H20N2O3. The number of carbonyl (C=O) groups is 2. The number of ether oxygens (including phenoxy) is 1. The number of amides is 1. The number of nitrogens with one attached hydrogen (secondary N) is 1. The molecule has 1 saturated heterocycles. The molecule has 0 aromatic heterocycles. The summed E-state index contributed by atoms with van der Waals surface area (Å²) in [6.07, 6.45) is 3.60. The number of methoxy groups -OCH3 is 1. The number of hydrogen-bond donors (Lipinski definition) is 1. The monoisotopic (exact) mass is 288 g/mol. The smallest absolute Gasteiger partial charge is 0.328 e. The molecule has 1 N–H and O–H groups in total. The van der Waals surface area contributed by atoms with E-state index in [2.05, 4.69) is 5.32 Å². The first-order valence-electron chi connectivity index (χ1n) is 7.46. The predicted molar refractivity (Wildman–Crippen MR) is 79.3 cm³/mol. The minimum absolute atomic E-state index is 0.0729. The first-order chi connectivity index (χ1) is 10.2. The summed E-state index contributed by atoms with van der Waals surface area (Å²) in [7, 11) is 1.37. The van der Waals surface area contributed by atoms with Gasteiger partial charge in [-0.25, -0.2) is 4.79 Å². The topological polar surface area (TPSA) is 58.6 Å². The summed E-state index contributed by atoms with van der Waals surface area (Å²) in [4.78, 5) is 26.1. The van der Waals surface area contributed by atoms with Gasteiger partial charge in [-0.1, -0.05) is 0 Å². The quantitative estimate of drug-likeness (QED) is 0.843. The number of nitrogens with zero attached hydrogens (tertiary/aromatic N) is 1. The van der Waals surface area contributed by atoms with E-state index in [0.717, 1.165) is 31.5 Å². The molecule has 1 unspecified atom stereocenters. The van der Waals surface area contributed by atoms with Gasteiger partial charge in [-0.05, 0) is 49.4 Å². The highest BCUT2D eigenvalue weighted by Crippen LogP contribution is 2.26. The Bertz CT molecular complexity index is 571. The van der Waals surface area contributed by atoms with Crippen LogP contribution in [-0.2, 0) is 16.0 Å². The van der Waals surface area contributed by atoms with E-state index < -0.39 is 6.04 Å². The van der Waals surface area contributed by atoms with Crippen LogP contribution in [0.2, 0.25) is 0 Å². The zero-order valence-electron chi connectivity index (χ0n) is 12.2. The molecule has 1 aromatic carbocycles. The molecule has 1 atom stereocenters. The number of benzene rings is 1. The Morgan fingerprint density at radius 1 is 1.33 bits per heavy atom. The van der Waals surface area contributed by atoms with Crippen LogP contribution in [0.25, 0.3) is 0 Å². The third-order valence-electron chi connectivity index (χ3n) is 4.28. The van der Waals surface area contributed by atoms with Gasteiger partial charge in [0.15, 0.2) is 0 Å². The molecule has 0 bridgehead atoms. The summed E-state index contributed by atoms with van der Waals surface area (Å²) in [5, 5.41) is 3.34. The van der Waals surface area contributed by atoms with Gasteiger partial charge in [-0.3, -0.25) is 4.79 Å². The lowest BCUT2D eigenvalue weighted by molar-refractivity contribution is -0.145. The highest BCUT2D eigenvalue weighted by atomic mass is 16.5. The number of anilines is 1. The number of fused-ring (bicyclic) bond motifs is 1. The molecule has 3 rings (SSSR count). The Morgan fingerprint density at radius 2 is 2.19 bits per heavy atom. The Kier molecular flexibility index (Phi) is 3.82. The van der Waals surface area contributed by atoms with Gasteiger partial charge in [-0.2, -0.15) is 0 Å². The molecule has 2 heterocycles. The third-order valence-corrected chi connectivity index (χ3v) is 4.28. The van der Waals surface area contributed by atoms with E-state index in [0.29, 0.717) is 18.5 Å². The van der Waals surface area contributed by atoms with Gasteiger partial charge in [-0.15, -0.1) is 0 Å². The van der Waals surface area contributed by atoms with Crippen LogP contribution < -0.4 is 5.32 Å². The fourth-order valence-corrected chi connectivity index (χ4v) is 3.16. The van der Waals surface area contributed by atoms with Crippen molar-refractivity contribution < 1.29 is 14.3 Å². The van der Waals surface area contributed by atoms with E-state index in [1.54, 1.807) is 4.90 Å². The second-order valence-corrected chi connectivity index (χ2v) is 5.58. The molecule has 5 heteroatoms. The highest BCUT2D eigenvalue weighted by molar-refractivity contribution is 5.97. The van der Waals surface area contributed by atoms with Crippen LogP contribution >= 0.6 is 0 Å². The van der Waals surface area contributed by atoms with E-state index in [1.165, 1.54) is 12.7 Å². The zero-order chi connectivity index (χ0) is 14.8. The minimum atomic E-state index is -0.434. The summed E-state index contributed by atoms with van der Waals surface area (Å²) in [5.41, 5.74) is 2.96. The maximum Gasteiger partial charge on any atom is 0.328 e. The van der Waals surface area contributed by atoms with Crippen molar-refractivity contribution in [2.75, 3.05) is 25.5 Å². The molecule has 2 aliphatic rings. The van der Waals surface area contributed by atoms with E-state index in [1.807, 2.05) is 18.2 Å². The summed E-state index contributed by atoms with van der Waals surface area (Å²) < 4.78 is 4.80. The van der Waals surface area contributed by atoms with Gasteiger partial charge in [0.25, 0.3) is 5.91 Å². The molecule has 1 fully saturated rings. The molecule has 1 amide bonds. The van der Waals surface area contributed by atoms with E-state index >= 15 is 0 Å². The van der Waals surface area contributed by atoms with Crippen molar-refractivity contribution in [3.8, 4) is 0 Å². The van der Waals surface area contributed by atoms with Gasteiger partial charge < -0.3 is 15.0 Å². The summed E-state index contributed by atoms with van der Waals surface area (Å²) >= 11 is 0. The largest absolute Gasteiger partial charge is 0.467 e. The van der Waals surface area contributed by atoms with Crippen LogP contribution in [0.4, 0.5) is 5.69 Å². The van der Waals surface area contributed by atoms with Crippen molar-refractivity contribution >= 4 is 17.6 Å². The second-order valence-electron chi connectivity index (χ2n) is 5.58. The van der Waals surface area contributed by atoms with Crippen LogP contribution in [-0.4, -0.2) is 43.0 Å². The molecule has 0 radical (unpaired) electrons. The maximum absolute atomic E-state index is 12.7. The summed E-state index contributed by atoms with van der Waals surface area (Å²) in [6, 6.07) is 5.32. The first-order valence-corrected chi connectivity index (χ1v) is 7.46. The van der Waals surface area contributed by atoms with Crippen LogP contribution in [0.1, 0.15) is 35.2 Å². The van der Waals surface area contributed by atoms with Crippen molar-refractivity contribution in [1.82, 2.24) is 4.90 Å². The second kappa shape index (κ2) is 5.76. The molecule has 0 aliphatic carbocycles. The van der Waals surface area contributed by atoms with Gasteiger partial charge in [0.2, 0.25) is 0 Å². The Hall–Kier alpha value is -2.04. The minimum Gasteiger partial charge on any atom is -0.467 e. The van der Waals surface area contributed by atoms with Crippen LogP contribution in [0, 0.1) is 0 Å². The van der Waals surface area contributed by atoms with Crippen LogP contribution in [0.15, 0.2) is 18.2 Å². The van der Waals surface area contributed by atoms with Gasteiger partial charge in [0.05, 0.1) is 7.11 Å². The maximum atomic E-state index is 12.7. The van der Waals surface area contributed by atoms with E-state index in [-0.39, 0.29) is 11.9 Å². The lowest BCUT2D eigenvalue weighted by Gasteiger charge is -2.24. The van der Waals surface area contributed by atoms with Gasteiger partial charge in [0, 0.05) is 24.3 Å². The normalized spacial score (nSPS) is 20.6. The number of aryl methyl sites for hydroxylation is 1. The van der Waals surface area contributed by atoms with Crippen molar-refractivity contribution in [2.24, 2.45) is 0 Å². The molecule has 1 aromatic rings. The highest BCUT2D eigenvalue weighted by Gasteiger charge is 2.35. The Balaban J connectivity index is 1.83. The molecule has 2 aliphatic heterocycles. The lowest BCUT2D eigenvalue weighted by atomic mass is 10.00. The van der Waals surface area contributed by atoms with Gasteiger partial charge >= 0.3 is 5.97 Å². The van der Waals surface area contributed by atoms with E-state index in [4.69, 9.17) is 4.74 Å². The van der Waals surface area contributed by atoms with Crippen LogP contribution in [0.5, 0.6) is 0 Å². The number of likely N-dealkylation sites (tertiary alicyclic amines) is 1. The van der Waals surface area contributed by atoms with Crippen molar-refractivity contribution in [3.63, 3.8) is 0 Å². The molecule has 112 valence electrons. The van der Waals surface area contributed by atoms with E-state index in [9.17, 15) is 9.59 Å². The van der Waals surface area contributed by atoms with Crippen molar-refractivity contribution in [1.29, 1.82) is 0 Å². The SMILES string of the molecule is COC(=O)C1CCCN1C(=O)c1ccc2c(c1)CCCN2. The Labute approximate surface area is 124 Å². The average molecular weight is 288 g/mol. The van der Waals surface area contributed by atoms with Crippen molar-refractivity contribution in [3.05, 3.63) is 29.3 Å². The fourth-order valence-electron chi connectivity index (χ4n) is 3.16. The predicted octanol–water partition coefficient (Wildman–Crippen LogP) is 1.82. The molecule has 5 nitrogen and oxygen atoms in total. The van der Waals surface area contributed by atoms with Crippen LogP contribution in [0.3, 0.4) is 0 Å². The number of hydrogen-bond acceptors (Lipinski definition) is 4. The Morgan fingerprint density at radius 3 is 3.00 bits per heavy atom. The summed E-state index contributed by atoms with van der Waals surface area (Å²) in [6.45, 7) is 1.60. The fraction of sp³-hybridized carbons (Fsp3) is 0.500. The van der Waals surface area contributed by atoms with Gasteiger partial charge in [0.1, 0.15) is 6.04 Å². The molecule has 21 heavy (non-hydrogen) atoms. The standard InChI is InChI=1S/C16H20N2O3/c1-21-16(20)14-5-3-9-18(14)15(19)12-6-7-13-11(10-12)4-2-8-17-13/h6-7,10,14,17H,2-5,8-9H2,1H3. The van der Waals surface area contributed by atoms with Crippen molar-refractivity contribution in [2.45, 2.75) is 31.7 Å². The number of esters is 1. The molecule has 0 saturated carbocycles. The summed E-state index contributed by atoms with van der Waals surface area (Å²) in [5.74, 6) is -0.392. The number of carbonyl (C=O) groups excluding carboxylic acids is 2. The number of rotatable bonds is 2. The average Bonchev–Trinajstić information content (AvgIpc) is 3.02.